The Morgan fingerprint density at radius 3 is 1.23 bits per heavy atom. The van der Waals surface area contributed by atoms with E-state index in [-0.39, 0.29) is 7.43 Å². The fourth-order valence-electron chi connectivity index (χ4n) is 2.69. The van der Waals surface area contributed by atoms with Crippen LogP contribution in [0.3, 0.4) is 0 Å². The second-order valence-corrected chi connectivity index (χ2v) is 7.76. The van der Waals surface area contributed by atoms with E-state index in [1.54, 1.807) is 0 Å². The zero-order valence-electron chi connectivity index (χ0n) is 16.6. The van der Waals surface area contributed by atoms with Gasteiger partial charge < -0.3 is 0 Å². The van der Waals surface area contributed by atoms with Crippen LogP contribution >= 0.6 is 0 Å². The van der Waals surface area contributed by atoms with E-state index in [0.29, 0.717) is 5.41 Å². The predicted molar refractivity (Wildman–Crippen MR) is 108 cm³/mol. The molecule has 0 fully saturated rings. The van der Waals surface area contributed by atoms with Crippen molar-refractivity contribution in [3.8, 4) is 0 Å². The lowest BCUT2D eigenvalue weighted by Gasteiger charge is -2.23. The number of unbranched alkanes of at least 4 members (excludes halogenated alkanes) is 4. The summed E-state index contributed by atoms with van der Waals surface area (Å²) in [6, 6.07) is 0. The molecule has 0 aliphatic carbocycles. The highest BCUT2D eigenvalue weighted by atomic mass is 14.2. The molecule has 0 N–H and O–H groups in total. The highest BCUT2D eigenvalue weighted by Gasteiger charge is 2.15. The second-order valence-electron chi connectivity index (χ2n) is 7.76. The summed E-state index contributed by atoms with van der Waals surface area (Å²) in [6.45, 7) is 16.3. The number of rotatable bonds is 12. The first-order valence-electron chi connectivity index (χ1n) is 9.93. The van der Waals surface area contributed by atoms with Gasteiger partial charge in [0.15, 0.2) is 0 Å². The highest BCUT2D eigenvalue weighted by molar-refractivity contribution is 4.67. The van der Waals surface area contributed by atoms with E-state index in [1.807, 2.05) is 0 Å². The first kappa shape index (κ1) is 26.9. The average Bonchev–Trinajstić information content (AvgIpc) is 2.47. The van der Waals surface area contributed by atoms with Crippen LogP contribution in [-0.4, -0.2) is 0 Å². The predicted octanol–water partition coefficient (Wildman–Crippen LogP) is 9.03. The molecule has 0 aromatic rings. The molecule has 0 nitrogen and oxygen atoms in total. The quantitative estimate of drug-likeness (QED) is 0.337. The summed E-state index contributed by atoms with van der Waals surface area (Å²) < 4.78 is 0. The fourth-order valence-corrected chi connectivity index (χ4v) is 2.69. The molecule has 0 saturated heterocycles. The molecule has 0 spiro atoms. The van der Waals surface area contributed by atoms with Crippen LogP contribution in [0.2, 0.25) is 0 Å². The van der Waals surface area contributed by atoms with Crippen molar-refractivity contribution in [1.29, 1.82) is 0 Å². The summed E-state index contributed by atoms with van der Waals surface area (Å²) in [5.41, 5.74) is 0.603. The Bertz CT molecular complexity index is 162. The van der Waals surface area contributed by atoms with Crippen LogP contribution in [0.25, 0.3) is 0 Å². The van der Waals surface area contributed by atoms with Gasteiger partial charge in [-0.15, -0.1) is 0 Å². The molecule has 22 heavy (non-hydrogen) atoms. The normalized spacial score (nSPS) is 10.9. The van der Waals surface area contributed by atoms with Gasteiger partial charge in [0, 0.05) is 0 Å². The van der Waals surface area contributed by atoms with Crippen molar-refractivity contribution in [3.63, 3.8) is 0 Å². The Labute approximate surface area is 144 Å². The van der Waals surface area contributed by atoms with Gasteiger partial charge in [0.2, 0.25) is 0 Å². The third-order valence-electron chi connectivity index (χ3n) is 4.52. The van der Waals surface area contributed by atoms with E-state index in [1.165, 1.54) is 77.0 Å². The molecule has 138 valence electrons. The first-order chi connectivity index (χ1) is 9.93. The van der Waals surface area contributed by atoms with Gasteiger partial charge in [-0.25, -0.2) is 0 Å². The van der Waals surface area contributed by atoms with Crippen LogP contribution in [0.15, 0.2) is 0 Å². The molecule has 0 atom stereocenters. The van der Waals surface area contributed by atoms with E-state index in [0.717, 1.165) is 5.92 Å². The van der Waals surface area contributed by atoms with Crippen molar-refractivity contribution >= 4 is 0 Å². The molecule has 0 aliphatic heterocycles. The van der Waals surface area contributed by atoms with Gasteiger partial charge in [-0.1, -0.05) is 120 Å². The SMILES string of the molecule is C.CCCCC(C)(C)CCCC.CCCCC(C)CCCC. The van der Waals surface area contributed by atoms with Crippen LogP contribution in [0.4, 0.5) is 0 Å². The summed E-state index contributed by atoms with van der Waals surface area (Å²) in [4.78, 5) is 0. The molecule has 0 saturated carbocycles. The van der Waals surface area contributed by atoms with Crippen molar-refractivity contribution in [2.75, 3.05) is 0 Å². The van der Waals surface area contributed by atoms with E-state index in [9.17, 15) is 0 Å². The van der Waals surface area contributed by atoms with Crippen LogP contribution in [0.5, 0.6) is 0 Å². The molecular formula is C22H50. The summed E-state index contributed by atoms with van der Waals surface area (Å²) in [5, 5.41) is 0. The Morgan fingerprint density at radius 1 is 0.636 bits per heavy atom. The van der Waals surface area contributed by atoms with Crippen LogP contribution in [0.1, 0.15) is 133 Å². The molecule has 0 unspecified atom stereocenters. The van der Waals surface area contributed by atoms with E-state index in [4.69, 9.17) is 0 Å². The van der Waals surface area contributed by atoms with Gasteiger partial charge in [-0.3, -0.25) is 0 Å². The maximum atomic E-state index is 2.40. The molecule has 0 bridgehead atoms. The van der Waals surface area contributed by atoms with Gasteiger partial charge in [0.1, 0.15) is 0 Å². The molecule has 0 aromatic carbocycles. The summed E-state index contributed by atoms with van der Waals surface area (Å²) >= 11 is 0. The zero-order chi connectivity index (χ0) is 16.6. The minimum absolute atomic E-state index is 0. The average molecular weight is 315 g/mol. The Hall–Kier alpha value is 0. The molecule has 0 heterocycles. The fraction of sp³-hybridized carbons (Fsp3) is 1.00. The Morgan fingerprint density at radius 2 is 0.955 bits per heavy atom. The molecule has 0 aromatic heterocycles. The smallest absolute Gasteiger partial charge is 0.0354 e. The molecule has 0 amide bonds. The van der Waals surface area contributed by atoms with Gasteiger partial charge in [0.05, 0.1) is 0 Å². The van der Waals surface area contributed by atoms with Crippen molar-refractivity contribution in [1.82, 2.24) is 0 Å². The van der Waals surface area contributed by atoms with E-state index >= 15 is 0 Å². The standard InChI is InChI=1S/C11H24.C10H22.CH4/c1-5-7-9-11(3,4)10-8-6-2;1-4-6-8-10(3)9-7-5-2;/h5-10H2,1-4H3;10H,4-9H2,1-3H3;1H4. The molecular weight excluding hydrogens is 264 g/mol. The highest BCUT2D eigenvalue weighted by Crippen LogP contribution is 2.29. The maximum Gasteiger partial charge on any atom is -0.0354 e. The third kappa shape index (κ3) is 22.3. The lowest BCUT2D eigenvalue weighted by atomic mass is 9.82. The van der Waals surface area contributed by atoms with Crippen LogP contribution in [0, 0.1) is 11.3 Å². The minimum atomic E-state index is 0. The van der Waals surface area contributed by atoms with Gasteiger partial charge in [0.25, 0.3) is 0 Å². The van der Waals surface area contributed by atoms with Gasteiger partial charge in [-0.2, -0.15) is 0 Å². The van der Waals surface area contributed by atoms with Crippen LogP contribution < -0.4 is 0 Å². The molecule has 0 rings (SSSR count). The topological polar surface area (TPSA) is 0 Å². The third-order valence-corrected chi connectivity index (χ3v) is 4.52. The van der Waals surface area contributed by atoms with Crippen molar-refractivity contribution in [3.05, 3.63) is 0 Å². The summed E-state index contributed by atoms with van der Waals surface area (Å²) in [6.07, 6.45) is 16.7. The van der Waals surface area contributed by atoms with E-state index in [2.05, 4.69) is 48.5 Å². The maximum absolute atomic E-state index is 2.40. The molecule has 0 radical (unpaired) electrons. The summed E-state index contributed by atoms with van der Waals surface area (Å²) in [5.74, 6) is 0.972. The lowest BCUT2D eigenvalue weighted by molar-refractivity contribution is 0.289. The lowest BCUT2D eigenvalue weighted by Crippen LogP contribution is -2.10. The minimum Gasteiger partial charge on any atom is -0.0776 e. The molecule has 0 aliphatic rings. The molecule has 0 heteroatoms. The monoisotopic (exact) mass is 314 g/mol. The second kappa shape index (κ2) is 19.0. The zero-order valence-corrected chi connectivity index (χ0v) is 16.6. The Kier molecular flexibility index (Phi) is 23.3. The van der Waals surface area contributed by atoms with Gasteiger partial charge >= 0.3 is 0 Å². The van der Waals surface area contributed by atoms with Crippen molar-refractivity contribution < 1.29 is 0 Å². The Balaban J connectivity index is -0.000000315. The largest absolute Gasteiger partial charge is 0.0776 e. The van der Waals surface area contributed by atoms with Crippen molar-refractivity contribution in [2.24, 2.45) is 11.3 Å². The number of hydrogen-bond donors (Lipinski definition) is 0. The first-order valence-corrected chi connectivity index (χ1v) is 9.93. The summed E-state index contributed by atoms with van der Waals surface area (Å²) in [7, 11) is 0. The number of hydrogen-bond acceptors (Lipinski definition) is 0. The van der Waals surface area contributed by atoms with E-state index < -0.39 is 0 Å². The van der Waals surface area contributed by atoms with Crippen molar-refractivity contribution in [2.45, 2.75) is 133 Å². The van der Waals surface area contributed by atoms with Crippen LogP contribution in [-0.2, 0) is 0 Å². The van der Waals surface area contributed by atoms with Gasteiger partial charge in [-0.05, 0) is 24.2 Å².